The molecule has 0 saturated heterocycles. The zero-order valence-corrected chi connectivity index (χ0v) is 16.0. The highest BCUT2D eigenvalue weighted by molar-refractivity contribution is 7.90. The second-order valence-corrected chi connectivity index (χ2v) is 8.74. The van der Waals surface area contributed by atoms with E-state index in [4.69, 9.17) is 10.00 Å². The Hall–Kier alpha value is -2.70. The number of thiophene rings is 1. The minimum atomic E-state index is -3.49. The summed E-state index contributed by atoms with van der Waals surface area (Å²) in [5.41, 5.74) is 0.677. The van der Waals surface area contributed by atoms with Crippen LogP contribution in [0.4, 0.5) is 0 Å². The Bertz CT molecular complexity index is 914. The number of carbonyl (C=O) groups is 2. The maximum atomic E-state index is 11.9. The van der Waals surface area contributed by atoms with E-state index in [1.165, 1.54) is 24.3 Å². The number of hydrogen-bond acceptors (Lipinski definition) is 7. The van der Waals surface area contributed by atoms with Gasteiger partial charge in [-0.2, -0.15) is 5.26 Å². The van der Waals surface area contributed by atoms with Gasteiger partial charge in [0.2, 0.25) is 0 Å². The minimum absolute atomic E-state index is 0.211. The molecular weight excluding hydrogens is 388 g/mol. The lowest BCUT2D eigenvalue weighted by atomic mass is 10.1. The number of nitriles is 1. The predicted molar refractivity (Wildman–Crippen MR) is 101 cm³/mol. The lowest BCUT2D eigenvalue weighted by Crippen LogP contribution is -2.30. The van der Waals surface area contributed by atoms with Crippen molar-refractivity contribution in [2.24, 2.45) is 0 Å². The number of nitrogens with zero attached hydrogens (tertiary/aromatic N) is 1. The Kier molecular flexibility index (Phi) is 7.52. The predicted octanol–water partition coefficient (Wildman–Crippen LogP) is 1.70. The van der Waals surface area contributed by atoms with Crippen molar-refractivity contribution in [1.82, 2.24) is 5.32 Å². The van der Waals surface area contributed by atoms with Gasteiger partial charge in [0.25, 0.3) is 5.91 Å². The average molecular weight is 406 g/mol. The molecule has 142 valence electrons. The number of nitrogens with one attached hydrogen (secondary N) is 1. The fraction of sp³-hybridized carbons (Fsp3) is 0.278. The van der Waals surface area contributed by atoms with Crippen molar-refractivity contribution in [2.45, 2.75) is 12.2 Å². The number of hydrogen-bond donors (Lipinski definition) is 1. The van der Waals surface area contributed by atoms with Crippen LogP contribution in [0.3, 0.4) is 0 Å². The maximum absolute atomic E-state index is 11.9. The fourth-order valence-corrected chi connectivity index (χ4v) is 3.89. The Labute approximate surface area is 161 Å². The quantitative estimate of drug-likeness (QED) is 0.634. The van der Waals surface area contributed by atoms with Gasteiger partial charge in [0.15, 0.2) is 16.4 Å². The second kappa shape index (κ2) is 9.85. The Morgan fingerprint density at radius 2 is 1.93 bits per heavy atom. The van der Waals surface area contributed by atoms with Gasteiger partial charge in [-0.15, -0.1) is 11.3 Å². The van der Waals surface area contributed by atoms with Crippen LogP contribution in [0.25, 0.3) is 0 Å². The minimum Gasteiger partial charge on any atom is -0.452 e. The van der Waals surface area contributed by atoms with E-state index in [1.807, 2.05) is 17.5 Å². The number of benzene rings is 1. The van der Waals surface area contributed by atoms with E-state index in [9.17, 15) is 18.0 Å². The molecule has 9 heteroatoms. The Balaban J connectivity index is 1.76. The Morgan fingerprint density at radius 3 is 2.56 bits per heavy atom. The first-order chi connectivity index (χ1) is 12.9. The zero-order valence-electron chi connectivity index (χ0n) is 14.4. The monoisotopic (exact) mass is 406 g/mol. The molecule has 2 rings (SSSR count). The van der Waals surface area contributed by atoms with Crippen LogP contribution in [0.5, 0.6) is 0 Å². The lowest BCUT2D eigenvalue weighted by Gasteiger charge is -2.07. The number of amides is 1. The molecule has 0 spiro atoms. The summed E-state index contributed by atoms with van der Waals surface area (Å²) in [5.74, 6) is -1.89. The van der Waals surface area contributed by atoms with E-state index < -0.39 is 21.6 Å². The summed E-state index contributed by atoms with van der Waals surface area (Å²) < 4.78 is 28.1. The van der Waals surface area contributed by atoms with Gasteiger partial charge < -0.3 is 10.1 Å². The van der Waals surface area contributed by atoms with Crippen molar-refractivity contribution in [3.8, 4) is 6.07 Å². The summed E-state index contributed by atoms with van der Waals surface area (Å²) in [6.07, 6.45) is 0.716. The van der Waals surface area contributed by atoms with E-state index in [0.717, 1.165) is 4.88 Å². The molecule has 7 nitrogen and oxygen atoms in total. The molecule has 1 N–H and O–H groups in total. The van der Waals surface area contributed by atoms with E-state index >= 15 is 0 Å². The summed E-state index contributed by atoms with van der Waals surface area (Å²) in [6, 6.07) is 11.3. The lowest BCUT2D eigenvalue weighted by molar-refractivity contribution is -0.124. The molecule has 1 amide bonds. The topological polar surface area (TPSA) is 113 Å². The molecule has 1 aromatic heterocycles. The second-order valence-electron chi connectivity index (χ2n) is 5.64. The average Bonchev–Trinajstić information content (AvgIpc) is 3.13. The normalized spacial score (nSPS) is 10.8. The van der Waals surface area contributed by atoms with Crippen molar-refractivity contribution in [1.29, 1.82) is 5.26 Å². The van der Waals surface area contributed by atoms with Crippen molar-refractivity contribution >= 4 is 33.1 Å². The first-order valence-electron chi connectivity index (χ1n) is 8.02. The van der Waals surface area contributed by atoms with Gasteiger partial charge >= 0.3 is 5.97 Å². The standard InChI is InChI=1S/C18H18N2O5S2/c19-8-11-27(23,24)13-14-3-5-15(6-4-14)18(22)25-12-17(21)20-9-7-16-2-1-10-26-16/h1-6,10H,7,9,11-13H2,(H,20,21). The first kappa shape index (κ1) is 20.6. The summed E-state index contributed by atoms with van der Waals surface area (Å²) in [4.78, 5) is 24.8. The zero-order chi connectivity index (χ0) is 19.7. The van der Waals surface area contributed by atoms with Crippen LogP contribution in [-0.2, 0) is 31.5 Å². The van der Waals surface area contributed by atoms with Gasteiger partial charge in [-0.3, -0.25) is 4.79 Å². The third kappa shape index (κ3) is 7.21. The molecule has 27 heavy (non-hydrogen) atoms. The van der Waals surface area contributed by atoms with Gasteiger partial charge in [0.1, 0.15) is 5.75 Å². The van der Waals surface area contributed by atoms with Crippen LogP contribution in [0.2, 0.25) is 0 Å². The van der Waals surface area contributed by atoms with Crippen molar-refractivity contribution < 1.29 is 22.7 Å². The first-order valence-corrected chi connectivity index (χ1v) is 10.7. The smallest absolute Gasteiger partial charge is 0.338 e. The number of sulfone groups is 1. The summed E-state index contributed by atoms with van der Waals surface area (Å²) in [6.45, 7) is 0.0737. The van der Waals surface area contributed by atoms with E-state index in [2.05, 4.69) is 5.32 Å². The van der Waals surface area contributed by atoms with Crippen molar-refractivity contribution in [2.75, 3.05) is 18.9 Å². The van der Waals surface area contributed by atoms with Gasteiger partial charge in [-0.25, -0.2) is 13.2 Å². The number of rotatable bonds is 9. The molecule has 1 aromatic carbocycles. The van der Waals surface area contributed by atoms with Crippen molar-refractivity contribution in [3.05, 3.63) is 57.8 Å². The molecule has 2 aromatic rings. The Morgan fingerprint density at radius 1 is 1.19 bits per heavy atom. The van der Waals surface area contributed by atoms with Gasteiger partial charge in [-0.05, 0) is 35.6 Å². The largest absolute Gasteiger partial charge is 0.452 e. The molecular formula is C18H18N2O5S2. The van der Waals surface area contributed by atoms with E-state index in [0.29, 0.717) is 18.5 Å². The van der Waals surface area contributed by atoms with Crippen LogP contribution in [0, 0.1) is 11.3 Å². The molecule has 0 fully saturated rings. The maximum Gasteiger partial charge on any atom is 0.338 e. The highest BCUT2D eigenvalue weighted by Crippen LogP contribution is 2.10. The molecule has 0 saturated carbocycles. The summed E-state index contributed by atoms with van der Waals surface area (Å²) in [7, 11) is -3.49. The van der Waals surface area contributed by atoms with E-state index in [-0.39, 0.29) is 23.8 Å². The molecule has 0 bridgehead atoms. The molecule has 0 radical (unpaired) electrons. The molecule has 0 aliphatic rings. The summed E-state index contributed by atoms with van der Waals surface area (Å²) >= 11 is 1.61. The molecule has 1 heterocycles. The number of carbonyl (C=O) groups excluding carboxylic acids is 2. The van der Waals surface area contributed by atoms with Crippen LogP contribution < -0.4 is 5.32 Å². The highest BCUT2D eigenvalue weighted by atomic mass is 32.2. The number of ether oxygens (including phenoxy) is 1. The van der Waals surface area contributed by atoms with Gasteiger partial charge in [0, 0.05) is 11.4 Å². The van der Waals surface area contributed by atoms with Crippen LogP contribution in [0.1, 0.15) is 20.8 Å². The SMILES string of the molecule is N#CCS(=O)(=O)Cc1ccc(C(=O)OCC(=O)NCCc2cccs2)cc1. The van der Waals surface area contributed by atoms with Gasteiger partial charge in [-0.1, -0.05) is 18.2 Å². The summed E-state index contributed by atoms with van der Waals surface area (Å²) in [5, 5.41) is 13.1. The molecule has 0 aliphatic heterocycles. The highest BCUT2D eigenvalue weighted by Gasteiger charge is 2.13. The molecule has 0 unspecified atom stereocenters. The third-order valence-electron chi connectivity index (χ3n) is 3.47. The fourth-order valence-electron chi connectivity index (χ4n) is 2.19. The van der Waals surface area contributed by atoms with Crippen molar-refractivity contribution in [3.63, 3.8) is 0 Å². The van der Waals surface area contributed by atoms with E-state index in [1.54, 1.807) is 17.4 Å². The van der Waals surface area contributed by atoms with Crippen LogP contribution >= 0.6 is 11.3 Å². The molecule has 0 aliphatic carbocycles. The van der Waals surface area contributed by atoms with Gasteiger partial charge in [0.05, 0.1) is 17.4 Å². The third-order valence-corrected chi connectivity index (χ3v) is 5.75. The van der Waals surface area contributed by atoms with Crippen LogP contribution in [0.15, 0.2) is 41.8 Å². The number of esters is 1. The molecule has 0 atom stereocenters. The van der Waals surface area contributed by atoms with Crippen LogP contribution in [-0.4, -0.2) is 39.2 Å².